The van der Waals surface area contributed by atoms with Gasteiger partial charge in [0.2, 0.25) is 0 Å². The van der Waals surface area contributed by atoms with Crippen LogP contribution in [0.2, 0.25) is 0 Å². The number of allylic oxidation sites excluding steroid dienone is 3. The molecule has 0 saturated carbocycles. The fourth-order valence-corrected chi connectivity index (χ4v) is 5.03. The second-order valence-corrected chi connectivity index (χ2v) is 8.53. The summed E-state index contributed by atoms with van der Waals surface area (Å²) < 4.78 is 14.7. The van der Waals surface area contributed by atoms with E-state index in [0.717, 1.165) is 18.4 Å². The van der Waals surface area contributed by atoms with E-state index in [1.165, 1.54) is 17.2 Å². The van der Waals surface area contributed by atoms with Gasteiger partial charge in [-0.15, -0.1) is 0 Å². The number of carbonyl (C=O) groups excluding carboxylic acids is 1. The Morgan fingerprint density at radius 1 is 0.906 bits per heavy atom. The number of benzene rings is 3. The molecule has 0 N–H and O–H groups in total. The first-order valence-electron chi connectivity index (χ1n) is 11.3. The maximum atomic E-state index is 14.7. The summed E-state index contributed by atoms with van der Waals surface area (Å²) in [5, 5.41) is 0. The maximum absolute atomic E-state index is 14.7. The first-order valence-corrected chi connectivity index (χ1v) is 11.3. The zero-order valence-electron chi connectivity index (χ0n) is 18.0. The van der Waals surface area contributed by atoms with E-state index in [0.29, 0.717) is 24.1 Å². The Balaban J connectivity index is 1.53. The fraction of sp³-hybridized carbons (Fsp3) is 0.207. The smallest absolute Gasteiger partial charge is 0.251 e. The lowest BCUT2D eigenvalue weighted by Gasteiger charge is -2.33. The highest BCUT2D eigenvalue weighted by Crippen LogP contribution is 2.40. The zero-order chi connectivity index (χ0) is 21.9. The molecule has 0 heterocycles. The van der Waals surface area contributed by atoms with Crippen molar-refractivity contribution in [2.75, 3.05) is 0 Å². The van der Waals surface area contributed by atoms with Gasteiger partial charge in [-0.3, -0.25) is 4.79 Å². The predicted molar refractivity (Wildman–Crippen MR) is 125 cm³/mol. The summed E-state index contributed by atoms with van der Waals surface area (Å²) in [6, 6.07) is 25.4. The summed E-state index contributed by atoms with van der Waals surface area (Å²) in [6.07, 6.45) is 8.31. The van der Waals surface area contributed by atoms with Crippen molar-refractivity contribution < 1.29 is 9.18 Å². The average molecular weight is 424 g/mol. The molecule has 3 aromatic carbocycles. The second-order valence-electron chi connectivity index (χ2n) is 8.53. The number of amides is 1. The standard InChI is InChI=1S/C29H26FNO/c30-27-17-9-8-15-25(27)24-14-6-7-16-26(24)29(32)31(20-21-10-2-1-3-11-21)28-19-18-22-12-4-5-13-23(22)28/h1-13,15-17,24,28H,14,18-20H2. The molecule has 0 bridgehead atoms. The Bertz CT molecular complexity index is 1180. The number of halogens is 1. The molecule has 0 radical (unpaired) electrons. The van der Waals surface area contributed by atoms with Gasteiger partial charge in [-0.1, -0.05) is 91.0 Å². The molecule has 5 rings (SSSR count). The van der Waals surface area contributed by atoms with Gasteiger partial charge in [-0.25, -0.2) is 4.39 Å². The first kappa shape index (κ1) is 20.4. The minimum absolute atomic E-state index is 0.00633. The Morgan fingerprint density at radius 2 is 1.62 bits per heavy atom. The van der Waals surface area contributed by atoms with Crippen LogP contribution in [0.4, 0.5) is 4.39 Å². The maximum Gasteiger partial charge on any atom is 0.251 e. The molecule has 0 aliphatic heterocycles. The van der Waals surface area contributed by atoms with Crippen LogP contribution in [0.15, 0.2) is 103 Å². The van der Waals surface area contributed by atoms with Crippen LogP contribution in [0.3, 0.4) is 0 Å². The topological polar surface area (TPSA) is 20.3 Å². The molecule has 0 fully saturated rings. The van der Waals surface area contributed by atoms with Crippen LogP contribution < -0.4 is 0 Å². The Hall–Kier alpha value is -3.46. The van der Waals surface area contributed by atoms with E-state index in [2.05, 4.69) is 30.3 Å². The number of nitrogens with zero attached hydrogens (tertiary/aromatic N) is 1. The van der Waals surface area contributed by atoms with Gasteiger partial charge in [-0.2, -0.15) is 0 Å². The lowest BCUT2D eigenvalue weighted by Crippen LogP contribution is -2.36. The largest absolute Gasteiger partial charge is 0.328 e. The third-order valence-electron chi connectivity index (χ3n) is 6.62. The molecule has 160 valence electrons. The van der Waals surface area contributed by atoms with Gasteiger partial charge in [-0.05, 0) is 47.6 Å². The molecule has 2 unspecified atom stereocenters. The number of rotatable bonds is 5. The number of hydrogen-bond donors (Lipinski definition) is 0. The normalized spacial score (nSPS) is 19.3. The monoisotopic (exact) mass is 423 g/mol. The summed E-state index contributed by atoms with van der Waals surface area (Å²) in [4.78, 5) is 16.1. The predicted octanol–water partition coefficient (Wildman–Crippen LogP) is 6.51. The second kappa shape index (κ2) is 8.96. The van der Waals surface area contributed by atoms with E-state index in [9.17, 15) is 9.18 Å². The highest BCUT2D eigenvalue weighted by atomic mass is 19.1. The van der Waals surface area contributed by atoms with Crippen LogP contribution in [0.1, 0.15) is 47.1 Å². The third kappa shape index (κ3) is 3.91. The van der Waals surface area contributed by atoms with Crippen molar-refractivity contribution in [3.05, 3.63) is 131 Å². The minimum Gasteiger partial charge on any atom is -0.328 e. The molecule has 2 atom stereocenters. The van der Waals surface area contributed by atoms with Gasteiger partial charge in [0.05, 0.1) is 6.04 Å². The van der Waals surface area contributed by atoms with Crippen molar-refractivity contribution in [3.63, 3.8) is 0 Å². The molecule has 0 spiro atoms. The van der Waals surface area contributed by atoms with Crippen molar-refractivity contribution in [1.29, 1.82) is 0 Å². The Morgan fingerprint density at radius 3 is 2.44 bits per heavy atom. The molecular formula is C29H26FNO. The van der Waals surface area contributed by atoms with Crippen molar-refractivity contribution in [3.8, 4) is 0 Å². The van der Waals surface area contributed by atoms with E-state index in [1.807, 2.05) is 53.5 Å². The molecule has 2 nitrogen and oxygen atoms in total. The molecule has 2 aliphatic carbocycles. The first-order chi connectivity index (χ1) is 15.7. The van der Waals surface area contributed by atoms with Crippen LogP contribution >= 0.6 is 0 Å². The Labute approximate surface area is 188 Å². The van der Waals surface area contributed by atoms with Gasteiger partial charge >= 0.3 is 0 Å². The van der Waals surface area contributed by atoms with Crippen LogP contribution in [0.5, 0.6) is 0 Å². The highest BCUT2D eigenvalue weighted by Gasteiger charge is 2.35. The van der Waals surface area contributed by atoms with E-state index in [1.54, 1.807) is 12.1 Å². The van der Waals surface area contributed by atoms with Crippen LogP contribution in [-0.4, -0.2) is 10.8 Å². The van der Waals surface area contributed by atoms with Crippen molar-refractivity contribution in [1.82, 2.24) is 4.90 Å². The summed E-state index contributed by atoms with van der Waals surface area (Å²) in [5.41, 5.74) is 4.89. The number of hydrogen-bond acceptors (Lipinski definition) is 1. The fourth-order valence-electron chi connectivity index (χ4n) is 5.03. The summed E-state index contributed by atoms with van der Waals surface area (Å²) in [7, 11) is 0. The molecule has 1 amide bonds. The quantitative estimate of drug-likeness (QED) is 0.458. The highest BCUT2D eigenvalue weighted by molar-refractivity contribution is 5.96. The molecular weight excluding hydrogens is 397 g/mol. The summed E-state index contributed by atoms with van der Waals surface area (Å²) in [6.45, 7) is 0.531. The average Bonchev–Trinajstić information content (AvgIpc) is 3.27. The van der Waals surface area contributed by atoms with E-state index < -0.39 is 0 Å². The summed E-state index contributed by atoms with van der Waals surface area (Å²) in [5.74, 6) is -0.538. The van der Waals surface area contributed by atoms with Crippen molar-refractivity contribution >= 4 is 5.91 Å². The van der Waals surface area contributed by atoms with Crippen molar-refractivity contribution in [2.24, 2.45) is 0 Å². The third-order valence-corrected chi connectivity index (χ3v) is 6.62. The number of carbonyl (C=O) groups is 1. The Kier molecular flexibility index (Phi) is 5.72. The molecule has 2 aliphatic rings. The minimum atomic E-state index is -0.274. The van der Waals surface area contributed by atoms with Gasteiger partial charge < -0.3 is 4.90 Å². The van der Waals surface area contributed by atoms with Gasteiger partial charge in [0.25, 0.3) is 5.91 Å². The van der Waals surface area contributed by atoms with Gasteiger partial charge in [0, 0.05) is 18.0 Å². The van der Waals surface area contributed by atoms with Crippen molar-refractivity contribution in [2.45, 2.75) is 37.8 Å². The van der Waals surface area contributed by atoms with Gasteiger partial charge in [0.1, 0.15) is 5.82 Å². The van der Waals surface area contributed by atoms with E-state index >= 15 is 0 Å². The summed E-state index contributed by atoms with van der Waals surface area (Å²) >= 11 is 0. The van der Waals surface area contributed by atoms with E-state index in [-0.39, 0.29) is 23.7 Å². The molecule has 3 heteroatoms. The van der Waals surface area contributed by atoms with Crippen LogP contribution in [0, 0.1) is 5.82 Å². The molecule has 32 heavy (non-hydrogen) atoms. The zero-order valence-corrected chi connectivity index (χ0v) is 18.0. The SMILES string of the molecule is O=C(C1=CC=CCC1c1ccccc1F)N(Cc1ccccc1)C1CCc2ccccc21. The lowest BCUT2D eigenvalue weighted by atomic mass is 9.84. The van der Waals surface area contributed by atoms with E-state index in [4.69, 9.17) is 0 Å². The number of fused-ring (bicyclic) bond motifs is 1. The lowest BCUT2D eigenvalue weighted by molar-refractivity contribution is -0.130. The van der Waals surface area contributed by atoms with Gasteiger partial charge in [0.15, 0.2) is 0 Å². The van der Waals surface area contributed by atoms with Crippen LogP contribution in [-0.2, 0) is 17.8 Å². The number of aryl methyl sites for hydroxylation is 1. The van der Waals surface area contributed by atoms with Crippen LogP contribution in [0.25, 0.3) is 0 Å². The molecule has 3 aromatic rings. The molecule has 0 aromatic heterocycles. The molecule has 0 saturated heterocycles.